The molecule has 3 heterocycles. The van der Waals surface area contributed by atoms with Crippen LogP contribution in [0.4, 0.5) is 5.69 Å². The average molecular weight is 495 g/mol. The monoisotopic (exact) mass is 494 g/mol. The molecule has 0 spiro atoms. The number of amides is 1. The van der Waals surface area contributed by atoms with Crippen molar-refractivity contribution in [2.45, 2.75) is 12.5 Å². The number of ether oxygens (including phenoxy) is 1. The van der Waals surface area contributed by atoms with E-state index in [0.29, 0.717) is 38.8 Å². The Hall–Kier alpha value is -4.96. The van der Waals surface area contributed by atoms with Crippen LogP contribution in [0.5, 0.6) is 0 Å². The van der Waals surface area contributed by atoms with Gasteiger partial charge in [0.25, 0.3) is 5.91 Å². The van der Waals surface area contributed by atoms with Crippen molar-refractivity contribution in [1.29, 1.82) is 0 Å². The quantitative estimate of drug-likeness (QED) is 0.292. The number of imidazole rings is 1. The lowest BCUT2D eigenvalue weighted by Gasteiger charge is -2.25. The summed E-state index contributed by atoms with van der Waals surface area (Å²) in [6, 6.07) is 15.2. The first-order valence-corrected chi connectivity index (χ1v) is 11.5. The van der Waals surface area contributed by atoms with Gasteiger partial charge in [0.1, 0.15) is 0 Å². The van der Waals surface area contributed by atoms with Crippen LogP contribution in [-0.2, 0) is 15.1 Å². The zero-order valence-electron chi connectivity index (χ0n) is 19.8. The molecule has 3 aromatic heterocycles. The third-order valence-electron chi connectivity index (χ3n) is 5.82. The molecule has 0 fully saturated rings. The van der Waals surface area contributed by atoms with Gasteiger partial charge < -0.3 is 20.1 Å². The highest BCUT2D eigenvalue weighted by Gasteiger charge is 2.42. The number of anilines is 1. The molecule has 1 amide bonds. The van der Waals surface area contributed by atoms with Crippen LogP contribution in [0.2, 0.25) is 0 Å². The van der Waals surface area contributed by atoms with Gasteiger partial charge in [-0.05, 0) is 31.2 Å². The third-order valence-corrected chi connectivity index (χ3v) is 5.82. The number of hydrogen-bond acceptors (Lipinski definition) is 8. The van der Waals surface area contributed by atoms with Crippen molar-refractivity contribution in [3.8, 4) is 11.1 Å². The van der Waals surface area contributed by atoms with E-state index >= 15 is 0 Å². The second kappa shape index (κ2) is 9.96. The number of rotatable bonds is 7. The lowest BCUT2D eigenvalue weighted by Crippen LogP contribution is -2.42. The molecule has 1 atom stereocenters. The Bertz CT molecular complexity index is 1570. The van der Waals surface area contributed by atoms with Crippen molar-refractivity contribution in [2.75, 3.05) is 11.9 Å². The molecule has 0 bridgehead atoms. The van der Waals surface area contributed by atoms with Crippen molar-refractivity contribution in [3.05, 3.63) is 103 Å². The molecule has 0 radical (unpaired) electrons. The minimum absolute atomic E-state index is 0.0798. The normalized spacial score (nSPS) is 12.6. The van der Waals surface area contributed by atoms with E-state index in [1.807, 2.05) is 0 Å². The zero-order valence-corrected chi connectivity index (χ0v) is 19.8. The van der Waals surface area contributed by atoms with E-state index in [-0.39, 0.29) is 12.4 Å². The van der Waals surface area contributed by atoms with E-state index in [1.54, 1.807) is 73.9 Å². The van der Waals surface area contributed by atoms with E-state index in [9.17, 15) is 14.7 Å². The largest absolute Gasteiger partial charge is 0.462 e. The fraction of sp³-hybridized carbons (Fsp3) is 0.111. The summed E-state index contributed by atoms with van der Waals surface area (Å²) in [5, 5.41) is 23.2. The van der Waals surface area contributed by atoms with Gasteiger partial charge in [-0.25, -0.2) is 9.78 Å². The summed E-state index contributed by atoms with van der Waals surface area (Å²) in [6.45, 7) is 2.00. The maximum Gasteiger partial charge on any atom is 0.338 e. The van der Waals surface area contributed by atoms with Crippen molar-refractivity contribution >= 4 is 28.5 Å². The molecule has 10 nitrogen and oxygen atoms in total. The number of aromatic nitrogens is 5. The number of nitrogens with one attached hydrogen (secondary N) is 2. The second-order valence-corrected chi connectivity index (χ2v) is 8.14. The summed E-state index contributed by atoms with van der Waals surface area (Å²) < 4.78 is 5.12. The number of benzene rings is 2. The predicted molar refractivity (Wildman–Crippen MR) is 135 cm³/mol. The minimum Gasteiger partial charge on any atom is -0.462 e. The highest BCUT2D eigenvalue weighted by molar-refractivity contribution is 6.02. The fourth-order valence-electron chi connectivity index (χ4n) is 4.02. The van der Waals surface area contributed by atoms with Gasteiger partial charge in [-0.2, -0.15) is 10.2 Å². The Morgan fingerprint density at radius 2 is 1.92 bits per heavy atom. The molecule has 37 heavy (non-hydrogen) atoms. The maximum absolute atomic E-state index is 13.5. The van der Waals surface area contributed by atoms with Crippen LogP contribution in [0, 0.1) is 0 Å². The smallest absolute Gasteiger partial charge is 0.338 e. The molecule has 5 aromatic rings. The lowest BCUT2D eigenvalue weighted by molar-refractivity contribution is -0.131. The van der Waals surface area contributed by atoms with Crippen LogP contribution in [0.1, 0.15) is 28.7 Å². The molecular formula is C27H22N6O4. The zero-order chi connectivity index (χ0) is 25.8. The number of carbonyl (C=O) groups is 2. The number of aromatic amines is 1. The van der Waals surface area contributed by atoms with E-state index in [1.165, 1.54) is 18.6 Å². The molecule has 184 valence electrons. The first-order valence-electron chi connectivity index (χ1n) is 11.5. The summed E-state index contributed by atoms with van der Waals surface area (Å²) in [4.78, 5) is 36.9. The molecule has 2 aromatic carbocycles. The van der Waals surface area contributed by atoms with Crippen LogP contribution < -0.4 is 5.32 Å². The van der Waals surface area contributed by atoms with Gasteiger partial charge in [-0.15, -0.1) is 0 Å². The summed E-state index contributed by atoms with van der Waals surface area (Å²) in [6.07, 6.45) is 7.63. The topological polar surface area (TPSA) is 143 Å². The van der Waals surface area contributed by atoms with Gasteiger partial charge in [0.05, 0.1) is 35.8 Å². The maximum atomic E-state index is 13.5. The molecule has 3 N–H and O–H groups in total. The molecule has 5 rings (SSSR count). The molecular weight excluding hydrogens is 472 g/mol. The minimum atomic E-state index is -2.07. The van der Waals surface area contributed by atoms with Crippen LogP contribution in [0.15, 0.2) is 85.6 Å². The molecule has 0 aliphatic rings. The number of fused-ring (bicyclic) bond motifs is 1. The average Bonchev–Trinajstić information content (AvgIpc) is 3.48. The first kappa shape index (κ1) is 23.8. The highest BCUT2D eigenvalue weighted by atomic mass is 16.5. The number of pyridine rings is 1. The summed E-state index contributed by atoms with van der Waals surface area (Å²) in [5.74, 6) is -1.07. The van der Waals surface area contributed by atoms with Crippen molar-refractivity contribution < 1.29 is 19.4 Å². The SMILES string of the molecule is CCOC(=O)c1ccc2nncc(-c3cncc(NC(=O)[C@](O)(c4ccccc4)c4ncc[nH]4)c3)c2c1. The van der Waals surface area contributed by atoms with Gasteiger partial charge in [0, 0.05) is 40.7 Å². The molecule has 0 saturated heterocycles. The second-order valence-electron chi connectivity index (χ2n) is 8.14. The molecule has 0 aliphatic carbocycles. The Morgan fingerprint density at radius 3 is 2.68 bits per heavy atom. The van der Waals surface area contributed by atoms with Crippen LogP contribution in [0.3, 0.4) is 0 Å². The van der Waals surface area contributed by atoms with Gasteiger partial charge in [0.15, 0.2) is 5.82 Å². The summed E-state index contributed by atoms with van der Waals surface area (Å²) in [7, 11) is 0. The number of aliphatic hydroxyl groups is 1. The molecule has 0 unspecified atom stereocenters. The van der Waals surface area contributed by atoms with E-state index in [2.05, 4.69) is 30.5 Å². The first-order chi connectivity index (χ1) is 18.0. The van der Waals surface area contributed by atoms with Crippen LogP contribution >= 0.6 is 0 Å². The van der Waals surface area contributed by atoms with Gasteiger partial charge in [0.2, 0.25) is 5.60 Å². The molecule has 0 saturated carbocycles. The summed E-state index contributed by atoms with van der Waals surface area (Å²) in [5.41, 5.74) is 0.866. The predicted octanol–water partition coefficient (Wildman–Crippen LogP) is 3.47. The number of H-pyrrole nitrogens is 1. The Labute approximate surface area is 211 Å². The van der Waals surface area contributed by atoms with Crippen LogP contribution in [-0.4, -0.2) is 48.7 Å². The number of carbonyl (C=O) groups excluding carboxylic acids is 2. The van der Waals surface area contributed by atoms with E-state index in [4.69, 9.17) is 4.74 Å². The Balaban J connectivity index is 1.51. The van der Waals surface area contributed by atoms with E-state index in [0.717, 1.165) is 0 Å². The van der Waals surface area contributed by atoms with Gasteiger partial charge >= 0.3 is 5.97 Å². The number of hydrogen-bond donors (Lipinski definition) is 3. The lowest BCUT2D eigenvalue weighted by atomic mass is 9.91. The number of nitrogens with zero attached hydrogens (tertiary/aromatic N) is 4. The summed E-state index contributed by atoms with van der Waals surface area (Å²) >= 11 is 0. The third kappa shape index (κ3) is 4.53. The van der Waals surface area contributed by atoms with Crippen molar-refractivity contribution in [3.63, 3.8) is 0 Å². The van der Waals surface area contributed by atoms with Crippen molar-refractivity contribution in [2.24, 2.45) is 0 Å². The molecule has 0 aliphatic heterocycles. The van der Waals surface area contributed by atoms with Crippen molar-refractivity contribution in [1.82, 2.24) is 25.1 Å². The Kier molecular flexibility index (Phi) is 6.40. The van der Waals surface area contributed by atoms with Gasteiger partial charge in [-0.1, -0.05) is 30.3 Å². The van der Waals surface area contributed by atoms with E-state index < -0.39 is 17.5 Å². The standard InChI is InChI=1S/C27H22N6O4/c1-2-37-24(34)17-8-9-23-21(13-17)22(16-31-33-23)18-12-20(15-28-14-18)32-26(35)27(36,25-29-10-11-30-25)19-6-4-3-5-7-19/h3-16,36H,2H2,1H3,(H,29,30)(H,32,35)/t27-/m0/s1. The van der Waals surface area contributed by atoms with Gasteiger partial charge in [-0.3, -0.25) is 9.78 Å². The number of esters is 1. The van der Waals surface area contributed by atoms with Crippen LogP contribution in [0.25, 0.3) is 22.0 Å². The molecule has 10 heteroatoms. The Morgan fingerprint density at radius 1 is 1.08 bits per heavy atom. The fourth-order valence-corrected chi connectivity index (χ4v) is 4.02. The highest BCUT2D eigenvalue weighted by Crippen LogP contribution is 2.31.